The molecule has 1 unspecified atom stereocenters. The van der Waals surface area contributed by atoms with Crippen LogP contribution in [0.3, 0.4) is 0 Å². The van der Waals surface area contributed by atoms with Gasteiger partial charge in [-0.05, 0) is 82.8 Å². The molecule has 1 N–H and O–H groups in total. The molecule has 30 heavy (non-hydrogen) atoms. The minimum absolute atomic E-state index is 0.0313. The molecule has 5 heteroatoms. The molecule has 1 fully saturated rings. The monoisotopic (exact) mass is 408 g/mol. The molecule has 0 saturated carbocycles. The molecular weight excluding hydrogens is 376 g/mol. The highest BCUT2D eigenvalue weighted by Crippen LogP contribution is 2.30. The van der Waals surface area contributed by atoms with Crippen molar-refractivity contribution < 1.29 is 13.6 Å². The number of hydrogen-bond donors (Lipinski definition) is 1. The summed E-state index contributed by atoms with van der Waals surface area (Å²) in [7, 11) is 0. The summed E-state index contributed by atoms with van der Waals surface area (Å²) in [6.07, 6.45) is 2.34. The van der Waals surface area contributed by atoms with Gasteiger partial charge in [0.25, 0.3) is 5.91 Å². The molecule has 3 heterocycles. The van der Waals surface area contributed by atoms with E-state index in [4.69, 9.17) is 8.83 Å². The molecule has 1 saturated heterocycles. The van der Waals surface area contributed by atoms with Crippen molar-refractivity contribution in [1.29, 1.82) is 0 Å². The van der Waals surface area contributed by atoms with Crippen molar-refractivity contribution in [2.75, 3.05) is 19.6 Å². The first-order valence-electron chi connectivity index (χ1n) is 10.9. The van der Waals surface area contributed by atoms with Gasteiger partial charge >= 0.3 is 0 Å². The lowest BCUT2D eigenvalue weighted by molar-refractivity contribution is 0.0871. The first-order valence-corrected chi connectivity index (χ1v) is 10.9. The topological polar surface area (TPSA) is 58.6 Å². The van der Waals surface area contributed by atoms with E-state index in [0.29, 0.717) is 12.3 Å². The molecule has 5 nitrogen and oxygen atoms in total. The number of carbonyl (C=O) groups excluding carboxylic acids is 1. The average molecular weight is 409 g/mol. The fourth-order valence-corrected chi connectivity index (χ4v) is 4.39. The van der Waals surface area contributed by atoms with E-state index >= 15 is 0 Å². The van der Waals surface area contributed by atoms with E-state index in [2.05, 4.69) is 30.1 Å². The normalized spacial score (nSPS) is 16.8. The van der Waals surface area contributed by atoms with Gasteiger partial charge < -0.3 is 14.2 Å². The number of aryl methyl sites for hydroxylation is 4. The number of furan rings is 2. The Bertz CT molecular complexity index is 1050. The second-order valence-corrected chi connectivity index (χ2v) is 8.83. The van der Waals surface area contributed by atoms with Crippen molar-refractivity contribution in [1.82, 2.24) is 10.2 Å². The maximum Gasteiger partial charge on any atom is 0.287 e. The average Bonchev–Trinajstić information content (AvgIpc) is 3.30. The van der Waals surface area contributed by atoms with E-state index in [0.717, 1.165) is 58.2 Å². The van der Waals surface area contributed by atoms with Gasteiger partial charge in [-0.2, -0.15) is 0 Å². The van der Waals surface area contributed by atoms with Crippen LogP contribution in [-0.4, -0.2) is 30.4 Å². The predicted octanol–water partition coefficient (Wildman–Crippen LogP) is 5.46. The van der Waals surface area contributed by atoms with Crippen molar-refractivity contribution >= 4 is 16.9 Å². The number of piperidine rings is 1. The van der Waals surface area contributed by atoms with Crippen LogP contribution in [0.2, 0.25) is 0 Å². The molecule has 0 aliphatic carbocycles. The maximum atomic E-state index is 13.1. The van der Waals surface area contributed by atoms with Crippen molar-refractivity contribution in [3.8, 4) is 0 Å². The molecule has 0 spiro atoms. The summed E-state index contributed by atoms with van der Waals surface area (Å²) in [6, 6.07) is 8.17. The third kappa shape index (κ3) is 3.91. The summed E-state index contributed by atoms with van der Waals surface area (Å²) in [5, 5.41) is 4.12. The molecule has 160 valence electrons. The van der Waals surface area contributed by atoms with Crippen molar-refractivity contribution in [3.05, 3.63) is 58.2 Å². The molecule has 3 aromatic rings. The molecule has 4 rings (SSSR count). The van der Waals surface area contributed by atoms with Crippen molar-refractivity contribution in [2.45, 2.75) is 53.5 Å². The van der Waals surface area contributed by atoms with Gasteiger partial charge in [0.2, 0.25) is 0 Å². The zero-order chi connectivity index (χ0) is 21.4. The molecule has 1 aliphatic heterocycles. The highest BCUT2D eigenvalue weighted by molar-refractivity contribution is 5.99. The van der Waals surface area contributed by atoms with E-state index < -0.39 is 0 Å². The molecule has 0 radical (unpaired) electrons. The van der Waals surface area contributed by atoms with E-state index in [-0.39, 0.29) is 11.9 Å². The summed E-state index contributed by atoms with van der Waals surface area (Å²) >= 11 is 0. The van der Waals surface area contributed by atoms with Crippen LogP contribution in [0.4, 0.5) is 0 Å². The van der Waals surface area contributed by atoms with Gasteiger partial charge in [0.15, 0.2) is 5.76 Å². The van der Waals surface area contributed by atoms with Crippen LogP contribution in [0.5, 0.6) is 0 Å². The summed E-state index contributed by atoms with van der Waals surface area (Å²) in [5.41, 5.74) is 3.94. The number of carbonyl (C=O) groups is 1. The molecule has 2 aromatic heterocycles. The highest BCUT2D eigenvalue weighted by Gasteiger charge is 2.28. The first-order chi connectivity index (χ1) is 14.3. The smallest absolute Gasteiger partial charge is 0.287 e. The summed E-state index contributed by atoms with van der Waals surface area (Å²) in [4.78, 5) is 15.5. The van der Waals surface area contributed by atoms with Gasteiger partial charge in [0.05, 0.1) is 6.04 Å². The minimum atomic E-state index is -0.167. The Balaban J connectivity index is 1.55. The van der Waals surface area contributed by atoms with E-state index in [9.17, 15) is 4.79 Å². The van der Waals surface area contributed by atoms with E-state index in [1.165, 1.54) is 12.8 Å². The molecule has 0 bridgehead atoms. The maximum absolute atomic E-state index is 13.1. The van der Waals surface area contributed by atoms with Crippen molar-refractivity contribution in [2.24, 2.45) is 5.92 Å². The fraction of sp³-hybridized carbons (Fsp3) is 0.480. The second-order valence-electron chi connectivity index (χ2n) is 8.83. The Morgan fingerprint density at radius 3 is 2.47 bits per heavy atom. The molecule has 1 aromatic carbocycles. The van der Waals surface area contributed by atoms with Crippen LogP contribution < -0.4 is 5.32 Å². The number of fused-ring (bicyclic) bond motifs is 1. The summed E-state index contributed by atoms with van der Waals surface area (Å²) < 4.78 is 12.0. The molecule has 1 aliphatic rings. The molecular formula is C25H32N2O3. The quantitative estimate of drug-likeness (QED) is 0.609. The van der Waals surface area contributed by atoms with Crippen LogP contribution >= 0.6 is 0 Å². The van der Waals surface area contributed by atoms with Crippen LogP contribution in [0.1, 0.15) is 64.6 Å². The van der Waals surface area contributed by atoms with Gasteiger partial charge in [0.1, 0.15) is 17.1 Å². The van der Waals surface area contributed by atoms with Crippen LogP contribution in [0.25, 0.3) is 11.0 Å². The van der Waals surface area contributed by atoms with E-state index in [1.807, 2.05) is 39.0 Å². The Kier molecular flexibility index (Phi) is 5.74. The predicted molar refractivity (Wildman–Crippen MR) is 119 cm³/mol. The number of likely N-dealkylation sites (tertiary alicyclic amines) is 1. The van der Waals surface area contributed by atoms with Gasteiger partial charge in [0, 0.05) is 17.5 Å². The molecule has 1 atom stereocenters. The largest absolute Gasteiger partial charge is 0.465 e. The third-order valence-electron chi connectivity index (χ3n) is 6.64. The van der Waals surface area contributed by atoms with Crippen LogP contribution in [0, 0.1) is 33.6 Å². The standard InChI is InChI=1S/C25H32N2O3/c1-15-10-12-27(13-11-15)21(22-9-7-17(3)29-22)14-26-25(28)24-19(5)20-8-6-16(2)18(4)23(20)30-24/h6-9,15,21H,10-14H2,1-5H3,(H,26,28). The lowest BCUT2D eigenvalue weighted by Crippen LogP contribution is -2.41. The number of rotatable bonds is 5. The van der Waals surface area contributed by atoms with Gasteiger partial charge in [-0.25, -0.2) is 0 Å². The van der Waals surface area contributed by atoms with E-state index in [1.54, 1.807) is 0 Å². The lowest BCUT2D eigenvalue weighted by Gasteiger charge is -2.35. The van der Waals surface area contributed by atoms with Crippen molar-refractivity contribution in [3.63, 3.8) is 0 Å². The van der Waals surface area contributed by atoms with Crippen LogP contribution in [0.15, 0.2) is 33.1 Å². The number of hydrogen-bond acceptors (Lipinski definition) is 4. The minimum Gasteiger partial charge on any atom is -0.465 e. The summed E-state index contributed by atoms with van der Waals surface area (Å²) in [6.45, 7) is 12.8. The fourth-order valence-electron chi connectivity index (χ4n) is 4.39. The third-order valence-corrected chi connectivity index (χ3v) is 6.64. The Labute approximate surface area is 178 Å². The highest BCUT2D eigenvalue weighted by atomic mass is 16.3. The molecule has 1 amide bonds. The summed E-state index contributed by atoms with van der Waals surface area (Å²) in [5.74, 6) is 2.79. The lowest BCUT2D eigenvalue weighted by atomic mass is 9.97. The number of benzene rings is 1. The van der Waals surface area contributed by atoms with Gasteiger partial charge in [-0.1, -0.05) is 19.1 Å². The number of amides is 1. The van der Waals surface area contributed by atoms with Gasteiger partial charge in [-0.3, -0.25) is 9.69 Å². The zero-order valence-corrected chi connectivity index (χ0v) is 18.7. The second kappa shape index (κ2) is 8.31. The Morgan fingerprint density at radius 1 is 1.07 bits per heavy atom. The number of nitrogens with one attached hydrogen (secondary N) is 1. The zero-order valence-electron chi connectivity index (χ0n) is 18.7. The first kappa shape index (κ1) is 20.7. The Morgan fingerprint density at radius 2 is 1.80 bits per heavy atom. The van der Waals surface area contributed by atoms with Crippen LogP contribution in [-0.2, 0) is 0 Å². The Hall–Kier alpha value is -2.53. The SMILES string of the molecule is Cc1ccc(C(CNC(=O)c2oc3c(C)c(C)ccc3c2C)N2CCC(C)CC2)o1. The van der Waals surface area contributed by atoms with Gasteiger partial charge in [-0.15, -0.1) is 0 Å². The number of nitrogens with zero attached hydrogens (tertiary/aromatic N) is 1.